The van der Waals surface area contributed by atoms with Crippen LogP contribution < -0.4 is 0 Å². The minimum absolute atomic E-state index is 0. The van der Waals surface area contributed by atoms with Crippen LogP contribution in [0, 0.1) is 0 Å². The lowest BCUT2D eigenvalue weighted by atomic mass is 16.0. The van der Waals surface area contributed by atoms with Gasteiger partial charge in [0.05, 0.1) is 0 Å². The zero-order chi connectivity index (χ0) is 0. The van der Waals surface area contributed by atoms with E-state index >= 15 is 0 Å². The molecule has 0 aromatic rings. The SMILES string of the molecule is O.O.O.O.[Al].[Al]. The highest BCUT2D eigenvalue weighted by Gasteiger charge is 0.00102. The van der Waals surface area contributed by atoms with Crippen molar-refractivity contribution in [2.45, 2.75) is 0 Å². The van der Waals surface area contributed by atoms with E-state index in [1.54, 1.807) is 0 Å². The molecule has 0 saturated carbocycles. The second-order valence-corrected chi connectivity index (χ2v) is 0. The third-order valence-corrected chi connectivity index (χ3v) is 0. The molecular formula is H8Al2O4. The molecule has 0 saturated heterocycles. The van der Waals surface area contributed by atoms with Gasteiger partial charge in [-0.3, -0.25) is 0 Å². The van der Waals surface area contributed by atoms with Crippen molar-refractivity contribution >= 4 is 34.7 Å². The smallest absolute Gasteiger partial charge is 0 e. The molecule has 0 aromatic carbocycles. The van der Waals surface area contributed by atoms with Gasteiger partial charge in [0.1, 0.15) is 0 Å². The molecule has 8 N–H and O–H groups in total. The first kappa shape index (κ1) is 294. The summed E-state index contributed by atoms with van der Waals surface area (Å²) in [5.41, 5.74) is 0. The highest BCUT2D eigenvalue weighted by molar-refractivity contribution is 5.76. The average molecular weight is 126 g/mol. The first-order valence-electron chi connectivity index (χ1n) is 0. The van der Waals surface area contributed by atoms with Gasteiger partial charge >= 0.3 is 0 Å². The molecule has 0 aliphatic rings. The predicted octanol–water partition coefficient (Wildman–Crippen LogP) is -4.06. The fourth-order valence-corrected chi connectivity index (χ4v) is 0. The molecule has 0 heterocycles. The summed E-state index contributed by atoms with van der Waals surface area (Å²) in [6, 6.07) is 0. The molecule has 0 atom stereocenters. The molecule has 6 radical (unpaired) electrons. The van der Waals surface area contributed by atoms with Gasteiger partial charge in [0.25, 0.3) is 0 Å². The van der Waals surface area contributed by atoms with Crippen molar-refractivity contribution in [2.75, 3.05) is 0 Å². The van der Waals surface area contributed by atoms with Gasteiger partial charge in [-0.15, -0.1) is 0 Å². The van der Waals surface area contributed by atoms with E-state index < -0.39 is 0 Å². The van der Waals surface area contributed by atoms with Gasteiger partial charge in [-0.1, -0.05) is 0 Å². The maximum Gasteiger partial charge on any atom is 0 e. The van der Waals surface area contributed by atoms with Crippen molar-refractivity contribution in [3.63, 3.8) is 0 Å². The van der Waals surface area contributed by atoms with Crippen LogP contribution in [0.4, 0.5) is 0 Å². The summed E-state index contributed by atoms with van der Waals surface area (Å²) in [5, 5.41) is 0. The third kappa shape index (κ3) is 91.3. The van der Waals surface area contributed by atoms with Gasteiger partial charge in [-0.2, -0.15) is 0 Å². The molecule has 0 unspecified atom stereocenters. The highest BCUT2D eigenvalue weighted by Crippen LogP contribution is -0.286. The summed E-state index contributed by atoms with van der Waals surface area (Å²) in [6.45, 7) is 0. The van der Waals surface area contributed by atoms with E-state index in [0.717, 1.165) is 0 Å². The molecule has 0 fully saturated rings. The van der Waals surface area contributed by atoms with E-state index in [0.29, 0.717) is 0 Å². The third-order valence-electron chi connectivity index (χ3n) is 0. The lowest BCUT2D eigenvalue weighted by Gasteiger charge is -0.413. The topological polar surface area (TPSA) is 126 Å². The monoisotopic (exact) mass is 126 g/mol. The van der Waals surface area contributed by atoms with Crippen LogP contribution in [0.3, 0.4) is 0 Å². The van der Waals surface area contributed by atoms with Gasteiger partial charge in [0.15, 0.2) is 0 Å². The van der Waals surface area contributed by atoms with E-state index in [1.165, 1.54) is 0 Å². The summed E-state index contributed by atoms with van der Waals surface area (Å²) in [6.07, 6.45) is 0. The Morgan fingerprint density at radius 1 is 0.333 bits per heavy atom. The highest BCUT2D eigenvalue weighted by atomic mass is 27.0. The van der Waals surface area contributed by atoms with Crippen molar-refractivity contribution in [3.05, 3.63) is 0 Å². The average Bonchev–Trinajstić information content (AvgIpc) is 0. The Balaban J connectivity index is 0. The van der Waals surface area contributed by atoms with Crippen molar-refractivity contribution in [1.29, 1.82) is 0 Å². The lowest BCUT2D eigenvalue weighted by Crippen LogP contribution is -0.382. The zero-order valence-electron chi connectivity index (χ0n) is 3.15. The lowest BCUT2D eigenvalue weighted by molar-refractivity contribution is 0.823. The van der Waals surface area contributed by atoms with Crippen LogP contribution in [0.2, 0.25) is 0 Å². The molecule has 0 aliphatic heterocycles. The van der Waals surface area contributed by atoms with E-state index in [-0.39, 0.29) is 56.6 Å². The van der Waals surface area contributed by atoms with Gasteiger partial charge in [0.2, 0.25) is 0 Å². The van der Waals surface area contributed by atoms with Crippen LogP contribution >= 0.6 is 0 Å². The Bertz CT molecular complexity index is 5.51. The molecule has 0 rings (SSSR count). The first-order chi connectivity index (χ1) is 0. The fourth-order valence-electron chi connectivity index (χ4n) is 0. The molecule has 0 spiro atoms. The van der Waals surface area contributed by atoms with Crippen LogP contribution in [-0.2, 0) is 0 Å². The Morgan fingerprint density at radius 2 is 0.333 bits per heavy atom. The minimum atomic E-state index is 0. The molecular weight excluding hydrogens is 118 g/mol. The Kier molecular flexibility index (Phi) is 8500. The van der Waals surface area contributed by atoms with Gasteiger partial charge < -0.3 is 21.9 Å². The first-order valence-corrected chi connectivity index (χ1v) is 0. The molecule has 0 aliphatic carbocycles. The summed E-state index contributed by atoms with van der Waals surface area (Å²) >= 11 is 0. The van der Waals surface area contributed by atoms with E-state index in [4.69, 9.17) is 0 Å². The molecule has 0 aromatic heterocycles. The summed E-state index contributed by atoms with van der Waals surface area (Å²) in [7, 11) is 0. The summed E-state index contributed by atoms with van der Waals surface area (Å²) in [5.74, 6) is 0. The van der Waals surface area contributed by atoms with Crippen molar-refractivity contribution in [2.24, 2.45) is 0 Å². The molecule has 6 heteroatoms. The van der Waals surface area contributed by atoms with Gasteiger partial charge in [-0.25, -0.2) is 0 Å². The molecule has 38 valence electrons. The molecule has 4 nitrogen and oxygen atoms in total. The van der Waals surface area contributed by atoms with Gasteiger partial charge in [0, 0.05) is 34.7 Å². The zero-order valence-corrected chi connectivity index (χ0v) is 5.46. The molecule has 0 amide bonds. The van der Waals surface area contributed by atoms with E-state index in [9.17, 15) is 0 Å². The molecule has 0 bridgehead atoms. The minimum Gasteiger partial charge on any atom is -0.412 e. The largest absolute Gasteiger partial charge is 0.412 e. The van der Waals surface area contributed by atoms with Crippen LogP contribution in [0.1, 0.15) is 0 Å². The number of rotatable bonds is 0. The second-order valence-electron chi connectivity index (χ2n) is 0. The Hall–Kier alpha value is 0.905. The maximum absolute atomic E-state index is 0. The summed E-state index contributed by atoms with van der Waals surface area (Å²) < 4.78 is 0. The maximum atomic E-state index is 0. The van der Waals surface area contributed by atoms with Crippen LogP contribution in [-0.4, -0.2) is 56.6 Å². The van der Waals surface area contributed by atoms with Crippen LogP contribution in [0.5, 0.6) is 0 Å². The van der Waals surface area contributed by atoms with Crippen LogP contribution in [0.15, 0.2) is 0 Å². The van der Waals surface area contributed by atoms with Crippen molar-refractivity contribution < 1.29 is 21.9 Å². The van der Waals surface area contributed by atoms with E-state index in [1.807, 2.05) is 0 Å². The number of hydrogen-bond acceptors (Lipinski definition) is 0. The standard InChI is InChI=1S/2Al.4H2O/h;;4*1H2. The van der Waals surface area contributed by atoms with Crippen LogP contribution in [0.25, 0.3) is 0 Å². The van der Waals surface area contributed by atoms with E-state index in [2.05, 4.69) is 0 Å². The Labute approximate surface area is 57.0 Å². The van der Waals surface area contributed by atoms with Gasteiger partial charge in [-0.05, 0) is 0 Å². The normalized spacial score (nSPS) is 0. The second kappa shape index (κ2) is 173. The van der Waals surface area contributed by atoms with Crippen molar-refractivity contribution in [1.82, 2.24) is 0 Å². The Morgan fingerprint density at radius 3 is 0.333 bits per heavy atom. The number of hydrogen-bond donors (Lipinski definition) is 0. The van der Waals surface area contributed by atoms with Crippen molar-refractivity contribution in [3.8, 4) is 0 Å². The fraction of sp³-hybridized carbons (Fsp3) is 0. The molecule has 6 heavy (non-hydrogen) atoms. The summed E-state index contributed by atoms with van der Waals surface area (Å²) in [4.78, 5) is 0. The quantitative estimate of drug-likeness (QED) is 0.293. The predicted molar refractivity (Wildman–Crippen MR) is 26.0 cm³/mol.